The number of aryl methyl sites for hydroxylation is 1. The highest BCUT2D eigenvalue weighted by Crippen LogP contribution is 2.35. The SMILES string of the molecule is Cn1nc(-c2ccc(S(=O)(=O)Nc3nc(CC(=O)O)cs3)s2)cc1C(F)(F)F. The summed E-state index contributed by atoms with van der Waals surface area (Å²) in [6.45, 7) is 0. The van der Waals surface area contributed by atoms with Gasteiger partial charge in [0.05, 0.1) is 17.0 Å². The van der Waals surface area contributed by atoms with E-state index >= 15 is 0 Å². The third-order valence-corrected chi connectivity index (χ3v) is 7.25. The number of aromatic nitrogens is 3. The number of anilines is 1. The zero-order valence-corrected chi connectivity index (χ0v) is 16.3. The summed E-state index contributed by atoms with van der Waals surface area (Å²) in [5.74, 6) is -1.10. The highest BCUT2D eigenvalue weighted by molar-refractivity contribution is 7.95. The topological polar surface area (TPSA) is 114 Å². The summed E-state index contributed by atoms with van der Waals surface area (Å²) < 4.78 is 66.3. The summed E-state index contributed by atoms with van der Waals surface area (Å²) in [6, 6.07) is 3.45. The maximum absolute atomic E-state index is 12.9. The van der Waals surface area contributed by atoms with Gasteiger partial charge in [0.25, 0.3) is 10.0 Å². The predicted molar refractivity (Wildman–Crippen MR) is 95.8 cm³/mol. The molecule has 0 radical (unpaired) electrons. The molecule has 3 rings (SSSR count). The normalized spacial score (nSPS) is 12.3. The number of halogens is 3. The average Bonchev–Trinajstić information content (AvgIpc) is 3.25. The minimum Gasteiger partial charge on any atom is -0.481 e. The molecule has 0 aliphatic rings. The van der Waals surface area contributed by atoms with Crippen molar-refractivity contribution in [2.75, 3.05) is 4.72 Å². The van der Waals surface area contributed by atoms with E-state index in [2.05, 4.69) is 14.8 Å². The third kappa shape index (κ3) is 4.34. The van der Waals surface area contributed by atoms with Gasteiger partial charge in [-0.3, -0.25) is 14.2 Å². The van der Waals surface area contributed by atoms with Crippen LogP contribution in [-0.4, -0.2) is 34.3 Å². The number of hydrogen-bond acceptors (Lipinski definition) is 7. The van der Waals surface area contributed by atoms with Crippen LogP contribution in [0.1, 0.15) is 11.4 Å². The van der Waals surface area contributed by atoms with Gasteiger partial charge in [-0.25, -0.2) is 13.4 Å². The molecule has 150 valence electrons. The Morgan fingerprint density at radius 2 is 2.07 bits per heavy atom. The van der Waals surface area contributed by atoms with Crippen molar-refractivity contribution in [3.8, 4) is 10.6 Å². The van der Waals surface area contributed by atoms with Crippen LogP contribution in [0.2, 0.25) is 0 Å². The van der Waals surface area contributed by atoms with Crippen molar-refractivity contribution in [3.05, 3.63) is 35.0 Å². The van der Waals surface area contributed by atoms with Crippen LogP contribution in [0.15, 0.2) is 27.8 Å². The first-order valence-electron chi connectivity index (χ1n) is 7.36. The number of thiazole rings is 1. The standard InChI is InChI=1S/C14H11F3N4O4S3/c1-21-10(14(15,16)17)5-8(19-21)9-2-3-12(27-9)28(24,25)20-13-18-7(6-26-13)4-11(22)23/h2-3,5-6H,4H2,1H3,(H,18,20)(H,22,23). The van der Waals surface area contributed by atoms with E-state index in [9.17, 15) is 26.4 Å². The van der Waals surface area contributed by atoms with Crippen molar-refractivity contribution < 1.29 is 31.5 Å². The van der Waals surface area contributed by atoms with Gasteiger partial charge in [-0.2, -0.15) is 18.3 Å². The Hall–Kier alpha value is -2.45. The Morgan fingerprint density at radius 3 is 2.68 bits per heavy atom. The Bertz CT molecular complexity index is 1130. The fourth-order valence-electron chi connectivity index (χ4n) is 2.21. The van der Waals surface area contributed by atoms with Gasteiger partial charge < -0.3 is 5.11 Å². The number of sulfonamides is 1. The van der Waals surface area contributed by atoms with E-state index in [1.165, 1.54) is 17.5 Å². The molecule has 3 aromatic heterocycles. The summed E-state index contributed by atoms with van der Waals surface area (Å²) in [4.78, 5) is 14.8. The lowest BCUT2D eigenvalue weighted by Gasteiger charge is -2.04. The minimum absolute atomic E-state index is 0.000678. The largest absolute Gasteiger partial charge is 0.481 e. The molecule has 2 N–H and O–H groups in total. The van der Waals surface area contributed by atoms with Gasteiger partial charge in [-0.15, -0.1) is 22.7 Å². The van der Waals surface area contributed by atoms with Crippen LogP contribution in [0.25, 0.3) is 10.6 Å². The van der Waals surface area contributed by atoms with E-state index in [4.69, 9.17) is 5.11 Å². The minimum atomic E-state index is -4.58. The number of carboxylic acid groups (broad SMARTS) is 1. The molecule has 8 nitrogen and oxygen atoms in total. The van der Waals surface area contributed by atoms with Crippen molar-refractivity contribution in [2.24, 2.45) is 7.05 Å². The second kappa shape index (κ2) is 7.18. The van der Waals surface area contributed by atoms with Crippen molar-refractivity contribution in [1.82, 2.24) is 14.8 Å². The Morgan fingerprint density at radius 1 is 1.36 bits per heavy atom. The van der Waals surface area contributed by atoms with E-state index < -0.39 is 27.9 Å². The van der Waals surface area contributed by atoms with E-state index in [0.29, 0.717) is 4.68 Å². The maximum atomic E-state index is 12.9. The Balaban J connectivity index is 1.83. The van der Waals surface area contributed by atoms with E-state index in [-0.39, 0.29) is 32.0 Å². The van der Waals surface area contributed by atoms with Crippen molar-refractivity contribution in [1.29, 1.82) is 0 Å². The number of carboxylic acids is 1. The van der Waals surface area contributed by atoms with Gasteiger partial charge in [-0.05, 0) is 18.2 Å². The van der Waals surface area contributed by atoms with Crippen LogP contribution >= 0.6 is 22.7 Å². The van der Waals surface area contributed by atoms with E-state index in [1.807, 2.05) is 0 Å². The summed E-state index contributed by atoms with van der Waals surface area (Å²) in [6.07, 6.45) is -4.92. The van der Waals surface area contributed by atoms with Crippen LogP contribution in [0.3, 0.4) is 0 Å². The highest BCUT2D eigenvalue weighted by Gasteiger charge is 2.35. The molecule has 0 unspecified atom stereocenters. The number of hydrogen-bond donors (Lipinski definition) is 2. The quantitative estimate of drug-likeness (QED) is 0.594. The first-order valence-corrected chi connectivity index (χ1v) is 10.5. The van der Waals surface area contributed by atoms with Crippen LogP contribution in [0, 0.1) is 0 Å². The zero-order chi connectivity index (χ0) is 20.7. The lowest BCUT2D eigenvalue weighted by molar-refractivity contribution is -0.143. The first-order chi connectivity index (χ1) is 13.0. The molecule has 3 heterocycles. The fraction of sp³-hybridized carbons (Fsp3) is 0.214. The number of nitrogens with one attached hydrogen (secondary N) is 1. The van der Waals surface area contributed by atoms with Gasteiger partial charge >= 0.3 is 12.1 Å². The molecular weight excluding hydrogens is 441 g/mol. The molecule has 0 fully saturated rings. The lowest BCUT2D eigenvalue weighted by atomic mass is 10.3. The number of thiophene rings is 1. The first kappa shape index (κ1) is 20.3. The van der Waals surface area contributed by atoms with Gasteiger partial charge in [-0.1, -0.05) is 0 Å². The molecule has 0 saturated carbocycles. The molecule has 0 aliphatic carbocycles. The highest BCUT2D eigenvalue weighted by atomic mass is 32.2. The van der Waals surface area contributed by atoms with Crippen molar-refractivity contribution in [3.63, 3.8) is 0 Å². The molecule has 0 spiro atoms. The molecule has 0 aliphatic heterocycles. The smallest absolute Gasteiger partial charge is 0.433 e. The van der Waals surface area contributed by atoms with Crippen LogP contribution in [-0.2, 0) is 34.5 Å². The number of aliphatic carboxylic acids is 1. The number of rotatable bonds is 6. The molecule has 0 bridgehead atoms. The number of nitrogens with zero attached hydrogens (tertiary/aromatic N) is 3. The van der Waals surface area contributed by atoms with E-state index in [0.717, 1.165) is 35.8 Å². The van der Waals surface area contributed by atoms with Crippen molar-refractivity contribution in [2.45, 2.75) is 16.8 Å². The number of carbonyl (C=O) groups is 1. The Labute approximate surface area is 164 Å². The van der Waals surface area contributed by atoms with Gasteiger partial charge in [0.15, 0.2) is 5.13 Å². The van der Waals surface area contributed by atoms with Gasteiger partial charge in [0.1, 0.15) is 15.6 Å². The fourth-order valence-corrected chi connectivity index (χ4v) is 5.44. The zero-order valence-electron chi connectivity index (χ0n) is 13.9. The van der Waals surface area contributed by atoms with Crippen LogP contribution in [0.5, 0.6) is 0 Å². The van der Waals surface area contributed by atoms with Crippen LogP contribution in [0.4, 0.5) is 18.3 Å². The van der Waals surface area contributed by atoms with Crippen LogP contribution < -0.4 is 4.72 Å². The third-order valence-electron chi connectivity index (χ3n) is 3.37. The summed E-state index contributed by atoms with van der Waals surface area (Å²) in [7, 11) is -2.89. The molecule has 0 atom stereocenters. The molecule has 0 aromatic carbocycles. The lowest BCUT2D eigenvalue weighted by Crippen LogP contribution is -2.11. The second-order valence-electron chi connectivity index (χ2n) is 5.47. The van der Waals surface area contributed by atoms with Crippen molar-refractivity contribution >= 4 is 43.8 Å². The molecule has 0 saturated heterocycles. The molecule has 14 heteroatoms. The van der Waals surface area contributed by atoms with Gasteiger partial charge in [0.2, 0.25) is 0 Å². The average molecular weight is 452 g/mol. The Kier molecular flexibility index (Phi) is 5.20. The monoisotopic (exact) mass is 452 g/mol. The molecule has 0 amide bonds. The van der Waals surface area contributed by atoms with E-state index in [1.54, 1.807) is 0 Å². The van der Waals surface area contributed by atoms with Gasteiger partial charge in [0, 0.05) is 12.4 Å². The summed E-state index contributed by atoms with van der Waals surface area (Å²) >= 11 is 1.67. The molecule has 3 aromatic rings. The summed E-state index contributed by atoms with van der Waals surface area (Å²) in [5, 5.41) is 13.9. The summed E-state index contributed by atoms with van der Waals surface area (Å²) in [5.41, 5.74) is -0.748. The molecular formula is C14H11F3N4O4S3. The predicted octanol–water partition coefficient (Wildman–Crippen LogP) is 3.05. The maximum Gasteiger partial charge on any atom is 0.433 e. The number of alkyl halides is 3. The second-order valence-corrected chi connectivity index (χ2v) is 9.33. The molecule has 28 heavy (non-hydrogen) atoms.